The van der Waals surface area contributed by atoms with Gasteiger partial charge in [-0.3, -0.25) is 9.78 Å². The molecule has 1 aliphatic rings. The average molecular weight is 423 g/mol. The number of anilines is 1. The highest BCUT2D eigenvalue weighted by atomic mass is 127. The Morgan fingerprint density at radius 1 is 1.64 bits per heavy atom. The second kappa shape index (κ2) is 6.08. The summed E-state index contributed by atoms with van der Waals surface area (Å²) in [6.45, 7) is 0.247. The molecule has 0 bridgehead atoms. The number of methoxy groups -OCH3 is 1. The van der Waals surface area contributed by atoms with Crippen LogP contribution in [0.4, 0.5) is 5.95 Å². The van der Waals surface area contributed by atoms with Crippen molar-refractivity contribution in [3.8, 4) is 0 Å². The minimum atomic E-state index is -0.998. The SMILES string of the molecule is COC[C@H]1O[C@@H](n2ncc3c(=O)[nH]c(N)nc32)C(O)C1OI. The van der Waals surface area contributed by atoms with Gasteiger partial charge in [0.05, 0.1) is 12.8 Å². The van der Waals surface area contributed by atoms with Crippen LogP contribution < -0.4 is 11.3 Å². The van der Waals surface area contributed by atoms with Crippen molar-refractivity contribution < 1.29 is 17.6 Å². The number of H-pyrrole nitrogens is 1. The molecule has 0 spiro atoms. The normalized spacial score (nSPS) is 28.5. The summed E-state index contributed by atoms with van der Waals surface area (Å²) >= 11 is 1.70. The van der Waals surface area contributed by atoms with Crippen molar-refractivity contribution in [1.29, 1.82) is 0 Å². The zero-order valence-electron chi connectivity index (χ0n) is 11.5. The molecule has 3 rings (SSSR count). The molecule has 1 aliphatic heterocycles. The molecule has 0 aliphatic carbocycles. The highest BCUT2D eigenvalue weighted by Gasteiger charge is 2.46. The van der Waals surface area contributed by atoms with Crippen molar-refractivity contribution in [1.82, 2.24) is 19.7 Å². The van der Waals surface area contributed by atoms with Crippen molar-refractivity contribution >= 4 is 40.0 Å². The lowest BCUT2D eigenvalue weighted by Crippen LogP contribution is -2.34. The van der Waals surface area contributed by atoms with Crippen LogP contribution in [0.2, 0.25) is 0 Å². The maximum Gasteiger partial charge on any atom is 0.263 e. The van der Waals surface area contributed by atoms with Gasteiger partial charge in [-0.2, -0.15) is 10.1 Å². The summed E-state index contributed by atoms with van der Waals surface area (Å²) in [5, 5.41) is 14.7. The summed E-state index contributed by atoms with van der Waals surface area (Å²) in [6, 6.07) is 0. The number of nitrogens with zero attached hydrogens (tertiary/aromatic N) is 3. The first-order valence-corrected chi connectivity index (χ1v) is 7.27. The van der Waals surface area contributed by atoms with Crippen molar-refractivity contribution in [2.75, 3.05) is 19.5 Å². The second-order valence-corrected chi connectivity index (χ2v) is 5.35. The maximum atomic E-state index is 11.8. The van der Waals surface area contributed by atoms with Crippen molar-refractivity contribution in [3.05, 3.63) is 16.6 Å². The van der Waals surface area contributed by atoms with Gasteiger partial charge in [0.25, 0.3) is 5.56 Å². The van der Waals surface area contributed by atoms with Gasteiger partial charge in [0.2, 0.25) is 5.95 Å². The molecular formula is C11H14IN5O5. The van der Waals surface area contributed by atoms with E-state index in [2.05, 4.69) is 15.1 Å². The third-order valence-corrected chi connectivity index (χ3v) is 4.05. The Bertz CT molecular complexity index is 733. The summed E-state index contributed by atoms with van der Waals surface area (Å²) in [5.41, 5.74) is 5.38. The van der Waals surface area contributed by atoms with Crippen LogP contribution in [0.25, 0.3) is 11.0 Å². The third kappa shape index (κ3) is 2.48. The molecule has 0 aromatic carbocycles. The van der Waals surface area contributed by atoms with E-state index in [0.717, 1.165) is 0 Å². The number of hydrogen-bond acceptors (Lipinski definition) is 8. The fourth-order valence-corrected chi connectivity index (χ4v) is 3.10. The third-order valence-electron chi connectivity index (χ3n) is 3.47. The van der Waals surface area contributed by atoms with Gasteiger partial charge in [-0.1, -0.05) is 0 Å². The average Bonchev–Trinajstić information content (AvgIpc) is 3.01. The summed E-state index contributed by atoms with van der Waals surface area (Å²) in [5.74, 6) is -0.0399. The first-order chi connectivity index (χ1) is 10.6. The van der Waals surface area contributed by atoms with Crippen molar-refractivity contribution in [3.63, 3.8) is 0 Å². The quantitative estimate of drug-likeness (QED) is 0.552. The number of halogens is 1. The summed E-state index contributed by atoms with van der Waals surface area (Å²) in [7, 11) is 1.53. The standard InChI is InChI=1S/C11H14IN5O5/c1-20-3-5-7(22-12)6(18)10(21-5)17-8-4(2-14-17)9(19)16-11(13)15-8/h2,5-7,10,18H,3H2,1H3,(H3,13,15,16,19)/t5-,6?,7?,10-/m1/s1. The Kier molecular flexibility index (Phi) is 4.31. The highest BCUT2D eigenvalue weighted by Crippen LogP contribution is 2.33. The number of aromatic amines is 1. The topological polar surface area (TPSA) is 138 Å². The summed E-state index contributed by atoms with van der Waals surface area (Å²) in [4.78, 5) is 18.3. The number of aliphatic hydroxyl groups is 1. The van der Waals surface area contributed by atoms with Crippen LogP contribution in [-0.2, 0) is 12.5 Å². The lowest BCUT2D eigenvalue weighted by Gasteiger charge is -2.16. The first-order valence-electron chi connectivity index (χ1n) is 6.39. The molecule has 0 amide bonds. The minimum Gasteiger partial charge on any atom is -0.385 e. The Labute approximate surface area is 138 Å². The van der Waals surface area contributed by atoms with Gasteiger partial charge in [-0.25, -0.2) is 4.68 Å². The van der Waals surface area contributed by atoms with Crippen LogP contribution in [0.3, 0.4) is 0 Å². The number of rotatable bonds is 4. The largest absolute Gasteiger partial charge is 0.385 e. The predicted molar refractivity (Wildman–Crippen MR) is 83.2 cm³/mol. The summed E-state index contributed by atoms with van der Waals surface area (Å²) < 4.78 is 17.4. The van der Waals surface area contributed by atoms with Crippen LogP contribution in [-0.4, -0.2) is 56.9 Å². The number of aliphatic hydroxyl groups excluding tert-OH is 1. The molecule has 11 heteroatoms. The fourth-order valence-electron chi connectivity index (χ4n) is 2.47. The van der Waals surface area contributed by atoms with Gasteiger partial charge in [0, 0.05) is 7.11 Å². The highest BCUT2D eigenvalue weighted by molar-refractivity contribution is 14.1. The monoisotopic (exact) mass is 423 g/mol. The van der Waals surface area contributed by atoms with Crippen molar-refractivity contribution in [2.24, 2.45) is 0 Å². The van der Waals surface area contributed by atoms with E-state index in [0.29, 0.717) is 0 Å². The lowest BCUT2D eigenvalue weighted by atomic mass is 10.1. The van der Waals surface area contributed by atoms with E-state index < -0.39 is 30.1 Å². The number of nitrogens with one attached hydrogen (secondary N) is 1. The molecule has 1 fully saturated rings. The van der Waals surface area contributed by atoms with E-state index in [-0.39, 0.29) is 23.6 Å². The number of nitrogens with two attached hydrogens (primary N) is 1. The molecule has 2 unspecified atom stereocenters. The van der Waals surface area contributed by atoms with Gasteiger partial charge in [-0.15, -0.1) is 0 Å². The molecular weight excluding hydrogens is 409 g/mol. The van der Waals surface area contributed by atoms with Crippen molar-refractivity contribution in [2.45, 2.75) is 24.5 Å². The molecule has 1 saturated heterocycles. The Morgan fingerprint density at radius 2 is 2.41 bits per heavy atom. The predicted octanol–water partition coefficient (Wildman–Crippen LogP) is -0.658. The van der Waals surface area contributed by atoms with Gasteiger partial charge in [0.1, 0.15) is 46.7 Å². The number of ether oxygens (including phenoxy) is 2. The van der Waals surface area contributed by atoms with E-state index in [1.54, 1.807) is 23.0 Å². The molecule has 120 valence electrons. The molecule has 2 aromatic heterocycles. The van der Waals surface area contributed by atoms with Crippen LogP contribution >= 0.6 is 23.0 Å². The molecule has 4 atom stereocenters. The van der Waals surface area contributed by atoms with E-state index in [4.69, 9.17) is 18.3 Å². The Balaban J connectivity index is 2.02. The van der Waals surface area contributed by atoms with E-state index in [1.165, 1.54) is 18.0 Å². The first kappa shape index (κ1) is 15.6. The maximum absolute atomic E-state index is 11.8. The van der Waals surface area contributed by atoms with Gasteiger partial charge in [-0.05, 0) is 0 Å². The van der Waals surface area contributed by atoms with Crippen LogP contribution in [0, 0.1) is 0 Å². The van der Waals surface area contributed by atoms with Crippen LogP contribution in [0.15, 0.2) is 11.0 Å². The molecule has 0 radical (unpaired) electrons. The van der Waals surface area contributed by atoms with Gasteiger partial charge < -0.3 is 23.4 Å². The van der Waals surface area contributed by atoms with Crippen LogP contribution in [0.1, 0.15) is 6.23 Å². The lowest BCUT2D eigenvalue weighted by molar-refractivity contribution is -0.0613. The minimum absolute atomic E-state index is 0.0399. The number of fused-ring (bicyclic) bond motifs is 1. The zero-order chi connectivity index (χ0) is 15.9. The summed E-state index contributed by atoms with van der Waals surface area (Å²) in [6.07, 6.45) is -1.57. The van der Waals surface area contributed by atoms with E-state index in [9.17, 15) is 9.90 Å². The van der Waals surface area contributed by atoms with Gasteiger partial charge >= 0.3 is 0 Å². The van der Waals surface area contributed by atoms with Gasteiger partial charge in [0.15, 0.2) is 11.9 Å². The molecule has 2 aromatic rings. The Hall–Kier alpha value is -1.28. The van der Waals surface area contributed by atoms with E-state index in [1.807, 2.05) is 0 Å². The number of nitrogen functional groups attached to an aromatic ring is 1. The Morgan fingerprint density at radius 3 is 3.09 bits per heavy atom. The smallest absolute Gasteiger partial charge is 0.263 e. The van der Waals surface area contributed by atoms with Crippen LogP contribution in [0.5, 0.6) is 0 Å². The zero-order valence-corrected chi connectivity index (χ0v) is 13.6. The van der Waals surface area contributed by atoms with E-state index >= 15 is 0 Å². The molecule has 0 saturated carbocycles. The molecule has 3 heterocycles. The second-order valence-electron chi connectivity index (χ2n) is 4.84. The number of hydrogen-bond donors (Lipinski definition) is 3. The molecule has 22 heavy (non-hydrogen) atoms. The number of aromatic nitrogens is 4. The molecule has 10 nitrogen and oxygen atoms in total. The fraction of sp³-hybridized carbons (Fsp3) is 0.545. The molecule has 4 N–H and O–H groups in total.